The van der Waals surface area contributed by atoms with E-state index in [-0.39, 0.29) is 10.8 Å². The van der Waals surface area contributed by atoms with E-state index >= 15 is 0 Å². The maximum Gasteiger partial charge on any atom is 0.122 e. The third-order valence-corrected chi connectivity index (χ3v) is 3.42. The number of rotatable bonds is 2. The summed E-state index contributed by atoms with van der Waals surface area (Å²) in [6.07, 6.45) is 1.07. The van der Waals surface area contributed by atoms with E-state index in [1.807, 2.05) is 0 Å². The number of ether oxygens (including phenoxy) is 1. The Balaban J connectivity index is 3.52. The lowest BCUT2D eigenvalue weighted by Crippen LogP contribution is -2.18. The molecule has 0 fully saturated rings. The van der Waals surface area contributed by atoms with Gasteiger partial charge in [0.15, 0.2) is 0 Å². The summed E-state index contributed by atoms with van der Waals surface area (Å²) >= 11 is 0. The topological polar surface area (TPSA) is 9.23 Å². The Morgan fingerprint density at radius 1 is 0.889 bits per heavy atom. The molecule has 0 aliphatic rings. The second-order valence-electron chi connectivity index (χ2n) is 7.06. The molecule has 1 aromatic carbocycles. The van der Waals surface area contributed by atoms with E-state index in [0.29, 0.717) is 0 Å². The summed E-state index contributed by atoms with van der Waals surface area (Å²) in [6.45, 7) is 15.7. The lowest BCUT2D eigenvalue weighted by molar-refractivity contribution is 0.395. The first-order valence-corrected chi connectivity index (χ1v) is 6.83. The fraction of sp³-hybridized carbons (Fsp3) is 0.647. The zero-order valence-corrected chi connectivity index (χ0v) is 13.3. The second kappa shape index (κ2) is 4.95. The van der Waals surface area contributed by atoms with Crippen LogP contribution in [0.5, 0.6) is 5.75 Å². The monoisotopic (exact) mass is 248 g/mol. The summed E-state index contributed by atoms with van der Waals surface area (Å²) < 4.78 is 5.61. The Morgan fingerprint density at radius 2 is 1.39 bits per heavy atom. The number of hydrogen-bond acceptors (Lipinski definition) is 1. The average Bonchev–Trinajstić information content (AvgIpc) is 2.24. The molecule has 0 amide bonds. The molecule has 0 bridgehead atoms. The Bertz CT molecular complexity index is 375. The first-order chi connectivity index (χ1) is 8.11. The van der Waals surface area contributed by atoms with E-state index in [1.165, 1.54) is 16.7 Å². The Morgan fingerprint density at radius 3 is 1.72 bits per heavy atom. The van der Waals surface area contributed by atoms with Crippen LogP contribution < -0.4 is 4.74 Å². The minimum absolute atomic E-state index is 0.117. The van der Waals surface area contributed by atoms with Gasteiger partial charge < -0.3 is 4.74 Å². The number of hydrogen-bond donors (Lipinski definition) is 0. The molecule has 18 heavy (non-hydrogen) atoms. The quantitative estimate of drug-likeness (QED) is 0.726. The lowest BCUT2D eigenvalue weighted by atomic mass is 9.78. The SMILES string of the molecule is CCc1cc(C(C)(C)C)c(OC)cc1C(C)(C)C. The van der Waals surface area contributed by atoms with Crippen LogP contribution in [0.3, 0.4) is 0 Å². The molecule has 1 aromatic rings. The predicted octanol–water partition coefficient (Wildman–Crippen LogP) is 4.85. The van der Waals surface area contributed by atoms with Crippen molar-refractivity contribution in [3.63, 3.8) is 0 Å². The van der Waals surface area contributed by atoms with E-state index in [0.717, 1.165) is 12.2 Å². The van der Waals surface area contributed by atoms with Crippen molar-refractivity contribution < 1.29 is 4.74 Å². The third-order valence-electron chi connectivity index (χ3n) is 3.42. The molecule has 0 heterocycles. The van der Waals surface area contributed by atoms with Gasteiger partial charge in [-0.05, 0) is 40.0 Å². The summed E-state index contributed by atoms with van der Waals surface area (Å²) in [5.74, 6) is 1.02. The Labute approximate surface area is 113 Å². The fourth-order valence-corrected chi connectivity index (χ4v) is 2.37. The number of benzene rings is 1. The van der Waals surface area contributed by atoms with Crippen molar-refractivity contribution in [3.8, 4) is 5.75 Å². The molecule has 0 aliphatic heterocycles. The smallest absolute Gasteiger partial charge is 0.122 e. The van der Waals surface area contributed by atoms with E-state index in [2.05, 4.69) is 60.6 Å². The molecule has 0 radical (unpaired) electrons. The average molecular weight is 248 g/mol. The summed E-state index contributed by atoms with van der Waals surface area (Å²) in [6, 6.07) is 4.57. The van der Waals surface area contributed by atoms with E-state index < -0.39 is 0 Å². The molecule has 1 heteroatoms. The van der Waals surface area contributed by atoms with Crippen molar-refractivity contribution in [2.75, 3.05) is 7.11 Å². The predicted molar refractivity (Wildman–Crippen MR) is 79.8 cm³/mol. The van der Waals surface area contributed by atoms with Gasteiger partial charge in [-0.15, -0.1) is 0 Å². The lowest BCUT2D eigenvalue weighted by Gasteiger charge is -2.28. The third kappa shape index (κ3) is 3.07. The summed E-state index contributed by atoms with van der Waals surface area (Å²) in [7, 11) is 1.77. The highest BCUT2D eigenvalue weighted by molar-refractivity contribution is 5.48. The first-order valence-electron chi connectivity index (χ1n) is 6.83. The number of methoxy groups -OCH3 is 1. The van der Waals surface area contributed by atoms with Gasteiger partial charge in [0.2, 0.25) is 0 Å². The van der Waals surface area contributed by atoms with Crippen LogP contribution in [0.25, 0.3) is 0 Å². The Kier molecular flexibility index (Phi) is 4.15. The van der Waals surface area contributed by atoms with E-state index in [9.17, 15) is 0 Å². The fourth-order valence-electron chi connectivity index (χ4n) is 2.37. The van der Waals surface area contributed by atoms with Crippen molar-refractivity contribution >= 4 is 0 Å². The highest BCUT2D eigenvalue weighted by Gasteiger charge is 2.24. The van der Waals surface area contributed by atoms with Crippen molar-refractivity contribution in [2.45, 2.75) is 65.7 Å². The standard InChI is InChI=1S/C17H28O/c1-9-12-10-14(17(5,6)7)15(18-8)11-13(12)16(2,3)4/h10-11H,9H2,1-8H3. The highest BCUT2D eigenvalue weighted by atomic mass is 16.5. The van der Waals surface area contributed by atoms with E-state index in [4.69, 9.17) is 4.74 Å². The van der Waals surface area contributed by atoms with Gasteiger partial charge in [0.25, 0.3) is 0 Å². The molecule has 0 saturated carbocycles. The molecule has 1 nitrogen and oxygen atoms in total. The molecule has 0 atom stereocenters. The zero-order valence-electron chi connectivity index (χ0n) is 13.3. The molecule has 0 aliphatic carbocycles. The highest BCUT2D eigenvalue weighted by Crippen LogP contribution is 2.37. The van der Waals surface area contributed by atoms with Gasteiger partial charge in [-0.3, -0.25) is 0 Å². The maximum absolute atomic E-state index is 5.61. The molecule has 0 saturated heterocycles. The van der Waals surface area contributed by atoms with Crippen LogP contribution in [0, 0.1) is 0 Å². The molecule has 102 valence electrons. The van der Waals surface area contributed by atoms with Gasteiger partial charge in [0, 0.05) is 0 Å². The van der Waals surface area contributed by atoms with Gasteiger partial charge >= 0.3 is 0 Å². The van der Waals surface area contributed by atoms with Crippen LogP contribution in [0.15, 0.2) is 12.1 Å². The van der Waals surface area contributed by atoms with Crippen LogP contribution >= 0.6 is 0 Å². The van der Waals surface area contributed by atoms with Crippen molar-refractivity contribution in [3.05, 3.63) is 28.8 Å². The van der Waals surface area contributed by atoms with Gasteiger partial charge in [-0.1, -0.05) is 54.5 Å². The molecular formula is C17H28O. The van der Waals surface area contributed by atoms with Gasteiger partial charge in [-0.25, -0.2) is 0 Å². The molecule has 0 unspecified atom stereocenters. The van der Waals surface area contributed by atoms with Gasteiger partial charge in [0.1, 0.15) is 5.75 Å². The molecule has 0 N–H and O–H groups in total. The van der Waals surface area contributed by atoms with Gasteiger partial charge in [-0.2, -0.15) is 0 Å². The Hall–Kier alpha value is -0.980. The zero-order chi connectivity index (χ0) is 14.1. The van der Waals surface area contributed by atoms with Crippen LogP contribution in [0.4, 0.5) is 0 Å². The summed E-state index contributed by atoms with van der Waals surface area (Å²) in [4.78, 5) is 0. The van der Waals surface area contributed by atoms with Crippen LogP contribution in [0.1, 0.15) is 65.2 Å². The molecule has 1 rings (SSSR count). The maximum atomic E-state index is 5.61. The van der Waals surface area contributed by atoms with Crippen molar-refractivity contribution in [1.82, 2.24) is 0 Å². The summed E-state index contributed by atoms with van der Waals surface area (Å²) in [5.41, 5.74) is 4.42. The normalized spacial score (nSPS) is 12.7. The number of aryl methyl sites for hydroxylation is 1. The molecule has 0 spiro atoms. The molecule has 0 aromatic heterocycles. The van der Waals surface area contributed by atoms with Crippen LogP contribution in [0.2, 0.25) is 0 Å². The van der Waals surface area contributed by atoms with E-state index in [1.54, 1.807) is 7.11 Å². The van der Waals surface area contributed by atoms with Gasteiger partial charge in [0.05, 0.1) is 7.11 Å². The van der Waals surface area contributed by atoms with Crippen LogP contribution in [-0.2, 0) is 17.3 Å². The molecular weight excluding hydrogens is 220 g/mol. The first kappa shape index (κ1) is 15.1. The minimum Gasteiger partial charge on any atom is -0.496 e. The van der Waals surface area contributed by atoms with Crippen molar-refractivity contribution in [1.29, 1.82) is 0 Å². The largest absolute Gasteiger partial charge is 0.496 e. The van der Waals surface area contributed by atoms with Crippen LogP contribution in [-0.4, -0.2) is 7.11 Å². The summed E-state index contributed by atoms with van der Waals surface area (Å²) in [5, 5.41) is 0. The second-order valence-corrected chi connectivity index (χ2v) is 7.06. The minimum atomic E-state index is 0.117. The van der Waals surface area contributed by atoms with Crippen molar-refractivity contribution in [2.24, 2.45) is 0 Å².